The first kappa shape index (κ1) is 15.7. The number of carbonyl (C=O) groups excluding carboxylic acids is 2. The molecule has 0 spiro atoms. The Labute approximate surface area is 121 Å². The number of allylic oxidation sites excluding steroid dienone is 1. The molecular formula is C13H14ClN3O3. The Balaban J connectivity index is 2.72. The highest BCUT2D eigenvalue weighted by molar-refractivity contribution is 6.30. The number of nitrogens with one attached hydrogen (secondary N) is 2. The molecule has 1 rings (SSSR count). The number of aldehydes is 1. The smallest absolute Gasteiger partial charge is 0.271 e. The van der Waals surface area contributed by atoms with Gasteiger partial charge in [0.25, 0.3) is 5.91 Å². The fourth-order valence-electron chi connectivity index (χ4n) is 1.32. The van der Waals surface area contributed by atoms with E-state index in [1.54, 1.807) is 24.3 Å². The van der Waals surface area contributed by atoms with E-state index < -0.39 is 11.7 Å². The third-order valence-corrected chi connectivity index (χ3v) is 2.55. The first-order chi connectivity index (χ1) is 9.58. The molecule has 6 nitrogen and oxygen atoms in total. The number of benzene rings is 1. The second-order valence-electron chi connectivity index (χ2n) is 3.72. The molecule has 0 heterocycles. The topological polar surface area (TPSA) is 90.8 Å². The van der Waals surface area contributed by atoms with Crippen LogP contribution in [0.2, 0.25) is 5.02 Å². The van der Waals surface area contributed by atoms with Crippen LogP contribution < -0.4 is 10.6 Å². The van der Waals surface area contributed by atoms with Gasteiger partial charge < -0.3 is 15.7 Å². The molecule has 1 aromatic carbocycles. The fourth-order valence-corrected chi connectivity index (χ4v) is 1.44. The van der Waals surface area contributed by atoms with E-state index in [2.05, 4.69) is 15.6 Å². The molecule has 0 bridgehead atoms. The van der Waals surface area contributed by atoms with Crippen LogP contribution in [0.25, 0.3) is 0 Å². The van der Waals surface area contributed by atoms with Gasteiger partial charge in [0.15, 0.2) is 17.7 Å². The minimum Gasteiger partial charge on any atom is -0.503 e. The van der Waals surface area contributed by atoms with Crippen molar-refractivity contribution in [1.82, 2.24) is 10.6 Å². The van der Waals surface area contributed by atoms with Gasteiger partial charge in [0, 0.05) is 18.6 Å². The van der Waals surface area contributed by atoms with Crippen LogP contribution in [0.4, 0.5) is 0 Å². The monoisotopic (exact) mass is 295 g/mol. The number of nitrogens with zero attached hydrogens (tertiary/aromatic N) is 1. The van der Waals surface area contributed by atoms with Crippen LogP contribution in [0, 0.1) is 0 Å². The molecule has 0 aliphatic rings. The number of hydrogen-bond donors (Lipinski definition) is 3. The maximum Gasteiger partial charge on any atom is 0.271 e. The zero-order valence-electron chi connectivity index (χ0n) is 10.8. The lowest BCUT2D eigenvalue weighted by molar-refractivity contribution is -0.118. The summed E-state index contributed by atoms with van der Waals surface area (Å²) in [5, 5.41) is 15.0. The van der Waals surface area contributed by atoms with E-state index in [-0.39, 0.29) is 18.5 Å². The van der Waals surface area contributed by atoms with Crippen LogP contribution in [-0.4, -0.2) is 30.7 Å². The summed E-state index contributed by atoms with van der Waals surface area (Å²) in [6.45, 7) is 0.233. The Morgan fingerprint density at radius 1 is 1.40 bits per heavy atom. The number of aliphatic hydroxyl groups excluding tert-OH is 1. The van der Waals surface area contributed by atoms with Gasteiger partial charge in [0.2, 0.25) is 0 Å². The van der Waals surface area contributed by atoms with Crippen LogP contribution in [-0.2, 0) is 16.1 Å². The van der Waals surface area contributed by atoms with Gasteiger partial charge in [-0.05, 0) is 17.7 Å². The number of halogens is 1. The number of aliphatic hydroxyl groups is 1. The van der Waals surface area contributed by atoms with Crippen molar-refractivity contribution in [2.45, 2.75) is 6.54 Å². The highest BCUT2D eigenvalue weighted by atomic mass is 35.5. The van der Waals surface area contributed by atoms with E-state index in [4.69, 9.17) is 11.6 Å². The van der Waals surface area contributed by atoms with Gasteiger partial charge in [-0.15, -0.1) is 0 Å². The van der Waals surface area contributed by atoms with Crippen molar-refractivity contribution in [2.75, 3.05) is 7.05 Å². The summed E-state index contributed by atoms with van der Waals surface area (Å²) in [5.41, 5.74) is 0.566. The van der Waals surface area contributed by atoms with E-state index >= 15 is 0 Å². The van der Waals surface area contributed by atoms with Gasteiger partial charge >= 0.3 is 0 Å². The number of carbonyl (C=O) groups is 2. The molecule has 0 aliphatic carbocycles. The molecule has 0 saturated carbocycles. The van der Waals surface area contributed by atoms with E-state index in [0.717, 1.165) is 5.56 Å². The summed E-state index contributed by atoms with van der Waals surface area (Å²) in [6.07, 6.45) is 1.37. The molecule has 3 N–H and O–H groups in total. The standard InChI is InChI=1S/C13H14ClN3O3/c1-15-8-17-12(11(19)7-18)13(20)16-6-9-2-4-10(14)5-3-9/h2-5,7-8,19H,6H2,1H3,(H,15,17)(H,16,20)/b12-11+. The van der Waals surface area contributed by atoms with Crippen molar-refractivity contribution in [1.29, 1.82) is 0 Å². The molecule has 0 radical (unpaired) electrons. The SMILES string of the molecule is CN=CN/C(C(=O)NCc1ccc(Cl)cc1)=C(/O)C=O. The van der Waals surface area contributed by atoms with Crippen molar-refractivity contribution in [3.63, 3.8) is 0 Å². The predicted octanol–water partition coefficient (Wildman–Crippen LogP) is 1.17. The summed E-state index contributed by atoms with van der Waals surface area (Å²) < 4.78 is 0. The van der Waals surface area contributed by atoms with Gasteiger partial charge in [-0.25, -0.2) is 0 Å². The Bertz CT molecular complexity index is 538. The Morgan fingerprint density at radius 2 is 2.05 bits per heavy atom. The number of rotatable bonds is 6. The molecule has 0 unspecified atom stereocenters. The maximum atomic E-state index is 11.9. The van der Waals surface area contributed by atoms with Crippen molar-refractivity contribution < 1.29 is 14.7 Å². The third kappa shape index (κ3) is 4.74. The van der Waals surface area contributed by atoms with Crippen LogP contribution in [0.1, 0.15) is 5.56 Å². The van der Waals surface area contributed by atoms with Crippen LogP contribution >= 0.6 is 11.6 Å². The zero-order valence-corrected chi connectivity index (χ0v) is 11.5. The first-order valence-corrected chi connectivity index (χ1v) is 6.04. The number of amides is 1. The number of aliphatic imine (C=N–C) groups is 1. The third-order valence-electron chi connectivity index (χ3n) is 2.30. The maximum absolute atomic E-state index is 11.9. The van der Waals surface area contributed by atoms with Gasteiger partial charge in [0.1, 0.15) is 0 Å². The second-order valence-corrected chi connectivity index (χ2v) is 4.16. The van der Waals surface area contributed by atoms with Gasteiger partial charge in [-0.1, -0.05) is 23.7 Å². The molecule has 0 fully saturated rings. The minimum absolute atomic E-state index is 0.174. The normalized spacial score (nSPS) is 11.9. The van der Waals surface area contributed by atoms with Crippen molar-refractivity contribution in [2.24, 2.45) is 4.99 Å². The van der Waals surface area contributed by atoms with E-state index in [0.29, 0.717) is 5.02 Å². The molecule has 0 aliphatic heterocycles. The summed E-state index contributed by atoms with van der Waals surface area (Å²) in [4.78, 5) is 26.0. The lowest BCUT2D eigenvalue weighted by Crippen LogP contribution is -2.32. The van der Waals surface area contributed by atoms with Gasteiger partial charge in [-0.2, -0.15) is 0 Å². The fraction of sp³-hybridized carbons (Fsp3) is 0.154. The van der Waals surface area contributed by atoms with Crippen LogP contribution in [0.3, 0.4) is 0 Å². The molecule has 0 saturated heterocycles. The van der Waals surface area contributed by atoms with Crippen LogP contribution in [0.5, 0.6) is 0 Å². The molecule has 20 heavy (non-hydrogen) atoms. The van der Waals surface area contributed by atoms with Crippen molar-refractivity contribution in [3.8, 4) is 0 Å². The molecule has 0 atom stereocenters. The van der Waals surface area contributed by atoms with E-state index in [1.807, 2.05) is 0 Å². The molecule has 1 aromatic rings. The van der Waals surface area contributed by atoms with Gasteiger partial charge in [-0.3, -0.25) is 14.6 Å². The quantitative estimate of drug-likeness (QED) is 0.242. The zero-order chi connectivity index (χ0) is 15.0. The lowest BCUT2D eigenvalue weighted by Gasteiger charge is -2.09. The second kappa shape index (κ2) is 7.96. The average Bonchev–Trinajstić information content (AvgIpc) is 2.46. The Hall–Kier alpha value is -2.34. The molecule has 1 amide bonds. The highest BCUT2D eigenvalue weighted by Gasteiger charge is 2.13. The Kier molecular flexibility index (Phi) is 6.25. The summed E-state index contributed by atoms with van der Waals surface area (Å²) >= 11 is 5.75. The van der Waals surface area contributed by atoms with E-state index in [1.165, 1.54) is 13.4 Å². The first-order valence-electron chi connectivity index (χ1n) is 5.66. The molecular weight excluding hydrogens is 282 g/mol. The van der Waals surface area contributed by atoms with E-state index in [9.17, 15) is 14.7 Å². The van der Waals surface area contributed by atoms with Crippen molar-refractivity contribution in [3.05, 3.63) is 46.3 Å². The lowest BCUT2D eigenvalue weighted by atomic mass is 10.2. The van der Waals surface area contributed by atoms with Crippen LogP contribution in [0.15, 0.2) is 40.7 Å². The summed E-state index contributed by atoms with van der Waals surface area (Å²) in [5.74, 6) is -1.32. The predicted molar refractivity (Wildman–Crippen MR) is 76.6 cm³/mol. The van der Waals surface area contributed by atoms with Gasteiger partial charge in [0.05, 0.1) is 6.34 Å². The Morgan fingerprint density at radius 3 is 2.60 bits per heavy atom. The summed E-state index contributed by atoms with van der Waals surface area (Å²) in [6, 6.07) is 6.91. The average molecular weight is 296 g/mol. The number of hydrogen-bond acceptors (Lipinski definition) is 4. The molecule has 106 valence electrons. The highest BCUT2D eigenvalue weighted by Crippen LogP contribution is 2.09. The largest absolute Gasteiger partial charge is 0.503 e. The molecule has 0 aromatic heterocycles. The minimum atomic E-state index is -0.696. The molecule has 7 heteroatoms. The summed E-state index contributed by atoms with van der Waals surface area (Å²) in [7, 11) is 1.48. The van der Waals surface area contributed by atoms with Crippen molar-refractivity contribution >= 4 is 30.1 Å².